The van der Waals surface area contributed by atoms with Crippen LogP contribution in [0, 0.1) is 0 Å². The average molecular weight is 234 g/mol. The summed E-state index contributed by atoms with van der Waals surface area (Å²) in [6.45, 7) is 1.82. The minimum Gasteiger partial charge on any atom is -0.305 e. The SMILES string of the molecule is CN1CCC2(C1)C(=O)NSc1ccccc12. The fourth-order valence-corrected chi connectivity index (χ4v) is 3.60. The van der Waals surface area contributed by atoms with Crippen molar-refractivity contribution in [1.82, 2.24) is 9.62 Å². The van der Waals surface area contributed by atoms with Gasteiger partial charge in [-0.2, -0.15) is 0 Å². The Kier molecular flexibility index (Phi) is 2.23. The highest BCUT2D eigenvalue weighted by molar-refractivity contribution is 7.98. The molecule has 3 nitrogen and oxygen atoms in total. The van der Waals surface area contributed by atoms with Crippen LogP contribution >= 0.6 is 11.9 Å². The molecule has 16 heavy (non-hydrogen) atoms. The first-order valence-corrected chi connectivity index (χ1v) is 6.29. The standard InChI is InChI=1S/C12H14N2OS/c1-14-7-6-12(8-14)9-4-2-3-5-10(9)16-13-11(12)15/h2-5H,6-8H2,1H3,(H,13,15). The van der Waals surface area contributed by atoms with Gasteiger partial charge < -0.3 is 4.90 Å². The fourth-order valence-electron chi connectivity index (χ4n) is 2.68. The minimum atomic E-state index is -0.309. The largest absolute Gasteiger partial charge is 0.305 e. The van der Waals surface area contributed by atoms with E-state index < -0.39 is 0 Å². The Morgan fingerprint density at radius 2 is 2.25 bits per heavy atom. The van der Waals surface area contributed by atoms with Gasteiger partial charge >= 0.3 is 0 Å². The zero-order chi connectivity index (χ0) is 11.2. The lowest BCUT2D eigenvalue weighted by molar-refractivity contribution is -0.124. The minimum absolute atomic E-state index is 0.167. The van der Waals surface area contributed by atoms with Crippen molar-refractivity contribution in [3.8, 4) is 0 Å². The van der Waals surface area contributed by atoms with E-state index in [-0.39, 0.29) is 11.3 Å². The normalized spacial score (nSPS) is 29.2. The molecule has 1 aromatic carbocycles. The van der Waals surface area contributed by atoms with Crippen LogP contribution in [0.4, 0.5) is 0 Å². The molecule has 2 aliphatic rings. The van der Waals surface area contributed by atoms with Crippen molar-refractivity contribution in [3.05, 3.63) is 29.8 Å². The lowest BCUT2D eigenvalue weighted by atomic mass is 9.79. The first-order valence-electron chi connectivity index (χ1n) is 5.48. The molecule has 4 heteroatoms. The first kappa shape index (κ1) is 10.2. The third-order valence-electron chi connectivity index (χ3n) is 3.55. The maximum Gasteiger partial charge on any atom is 0.242 e. The van der Waals surface area contributed by atoms with Gasteiger partial charge in [0.15, 0.2) is 0 Å². The number of carbonyl (C=O) groups excluding carboxylic acids is 1. The highest BCUT2D eigenvalue weighted by atomic mass is 32.2. The lowest BCUT2D eigenvalue weighted by Gasteiger charge is -2.33. The van der Waals surface area contributed by atoms with Crippen molar-refractivity contribution in [2.24, 2.45) is 0 Å². The third-order valence-corrected chi connectivity index (χ3v) is 4.41. The van der Waals surface area contributed by atoms with Crippen LogP contribution in [0.15, 0.2) is 29.2 Å². The topological polar surface area (TPSA) is 32.3 Å². The van der Waals surface area contributed by atoms with Crippen LogP contribution in [0.5, 0.6) is 0 Å². The number of likely N-dealkylation sites (N-methyl/N-ethyl adjacent to an activating group) is 1. The molecule has 1 fully saturated rings. The van der Waals surface area contributed by atoms with Crippen LogP contribution in [0.1, 0.15) is 12.0 Å². The van der Waals surface area contributed by atoms with Crippen molar-refractivity contribution in [3.63, 3.8) is 0 Å². The number of nitrogens with zero attached hydrogens (tertiary/aromatic N) is 1. The fraction of sp³-hybridized carbons (Fsp3) is 0.417. The molecule has 2 heterocycles. The Morgan fingerprint density at radius 3 is 3.00 bits per heavy atom. The highest BCUT2D eigenvalue weighted by Crippen LogP contribution is 2.42. The van der Waals surface area contributed by atoms with E-state index in [0.717, 1.165) is 19.5 Å². The van der Waals surface area contributed by atoms with Gasteiger partial charge in [0.2, 0.25) is 5.91 Å². The number of hydrogen-bond acceptors (Lipinski definition) is 3. The van der Waals surface area contributed by atoms with Gasteiger partial charge in [0.1, 0.15) is 0 Å². The van der Waals surface area contributed by atoms with Gasteiger partial charge in [-0.15, -0.1) is 0 Å². The van der Waals surface area contributed by atoms with E-state index in [2.05, 4.69) is 28.8 Å². The molecular formula is C12H14N2OS. The molecular weight excluding hydrogens is 220 g/mol. The number of rotatable bonds is 0. The molecule has 0 radical (unpaired) electrons. The summed E-state index contributed by atoms with van der Waals surface area (Å²) in [5.74, 6) is 0.167. The molecule has 1 unspecified atom stereocenters. The summed E-state index contributed by atoms with van der Waals surface area (Å²) in [5, 5.41) is 0. The molecule has 1 spiro atoms. The molecule has 1 aromatic rings. The predicted molar refractivity (Wildman–Crippen MR) is 64.2 cm³/mol. The zero-order valence-corrected chi connectivity index (χ0v) is 10.0. The predicted octanol–water partition coefficient (Wildman–Crippen LogP) is 1.40. The van der Waals surface area contributed by atoms with Gasteiger partial charge in [0.25, 0.3) is 0 Å². The molecule has 1 atom stereocenters. The van der Waals surface area contributed by atoms with Gasteiger partial charge in [-0.05, 0) is 43.6 Å². The monoisotopic (exact) mass is 234 g/mol. The number of carbonyl (C=O) groups is 1. The van der Waals surface area contributed by atoms with Gasteiger partial charge in [0.05, 0.1) is 5.41 Å². The second-order valence-electron chi connectivity index (χ2n) is 4.60. The first-order chi connectivity index (χ1) is 7.72. The van der Waals surface area contributed by atoms with Crippen molar-refractivity contribution >= 4 is 17.9 Å². The molecule has 3 rings (SSSR count). The molecule has 0 aromatic heterocycles. The van der Waals surface area contributed by atoms with Crippen molar-refractivity contribution in [2.75, 3.05) is 20.1 Å². The molecule has 1 saturated heterocycles. The number of benzene rings is 1. The molecule has 0 bridgehead atoms. The Bertz CT molecular complexity index is 448. The number of fused-ring (bicyclic) bond motifs is 2. The molecule has 2 aliphatic heterocycles. The zero-order valence-electron chi connectivity index (χ0n) is 9.19. The molecule has 1 N–H and O–H groups in total. The van der Waals surface area contributed by atoms with Crippen LogP contribution in [-0.2, 0) is 10.2 Å². The number of likely N-dealkylation sites (tertiary alicyclic amines) is 1. The summed E-state index contributed by atoms with van der Waals surface area (Å²) in [7, 11) is 2.08. The van der Waals surface area contributed by atoms with Crippen molar-refractivity contribution < 1.29 is 4.79 Å². The van der Waals surface area contributed by atoms with Gasteiger partial charge in [0, 0.05) is 11.4 Å². The summed E-state index contributed by atoms with van der Waals surface area (Å²) >= 11 is 1.44. The quantitative estimate of drug-likeness (QED) is 0.689. The average Bonchev–Trinajstić information content (AvgIpc) is 2.68. The second kappa shape index (κ2) is 3.50. The van der Waals surface area contributed by atoms with E-state index in [1.807, 2.05) is 12.1 Å². The smallest absolute Gasteiger partial charge is 0.242 e. The Hall–Kier alpha value is -1.00. The maximum atomic E-state index is 12.2. The molecule has 84 valence electrons. The summed E-state index contributed by atoms with van der Waals surface area (Å²) < 4.78 is 2.94. The van der Waals surface area contributed by atoms with E-state index >= 15 is 0 Å². The number of nitrogens with one attached hydrogen (secondary N) is 1. The second-order valence-corrected chi connectivity index (χ2v) is 5.45. The number of hydrogen-bond donors (Lipinski definition) is 1. The number of amides is 1. The van der Waals surface area contributed by atoms with Crippen LogP contribution in [0.25, 0.3) is 0 Å². The van der Waals surface area contributed by atoms with Crippen molar-refractivity contribution in [1.29, 1.82) is 0 Å². The third kappa shape index (κ3) is 1.30. The molecule has 0 saturated carbocycles. The van der Waals surface area contributed by atoms with E-state index in [1.54, 1.807) is 0 Å². The van der Waals surface area contributed by atoms with Gasteiger partial charge in [-0.25, -0.2) is 0 Å². The summed E-state index contributed by atoms with van der Waals surface area (Å²) in [6, 6.07) is 8.23. The van der Waals surface area contributed by atoms with Gasteiger partial charge in [-0.3, -0.25) is 9.52 Å². The van der Waals surface area contributed by atoms with Crippen LogP contribution in [-0.4, -0.2) is 30.9 Å². The summed E-state index contributed by atoms with van der Waals surface area (Å²) in [6.07, 6.45) is 0.924. The van der Waals surface area contributed by atoms with Crippen LogP contribution < -0.4 is 4.72 Å². The van der Waals surface area contributed by atoms with E-state index in [9.17, 15) is 4.79 Å². The Morgan fingerprint density at radius 1 is 1.44 bits per heavy atom. The molecule has 1 amide bonds. The van der Waals surface area contributed by atoms with E-state index in [4.69, 9.17) is 0 Å². The van der Waals surface area contributed by atoms with E-state index in [0.29, 0.717) is 0 Å². The van der Waals surface area contributed by atoms with E-state index in [1.165, 1.54) is 22.4 Å². The maximum absolute atomic E-state index is 12.2. The Balaban J connectivity index is 2.14. The van der Waals surface area contributed by atoms with Crippen LogP contribution in [0.2, 0.25) is 0 Å². The summed E-state index contributed by atoms with van der Waals surface area (Å²) in [4.78, 5) is 15.6. The Labute approximate surface area is 99.3 Å². The molecule has 0 aliphatic carbocycles. The van der Waals surface area contributed by atoms with Gasteiger partial charge in [-0.1, -0.05) is 18.2 Å². The van der Waals surface area contributed by atoms with Crippen molar-refractivity contribution in [2.45, 2.75) is 16.7 Å². The highest BCUT2D eigenvalue weighted by Gasteiger charge is 2.48. The lowest BCUT2D eigenvalue weighted by Crippen LogP contribution is -2.46. The van der Waals surface area contributed by atoms with Crippen LogP contribution in [0.3, 0.4) is 0 Å². The summed E-state index contributed by atoms with van der Waals surface area (Å²) in [5.41, 5.74) is 0.893.